The van der Waals surface area contributed by atoms with Gasteiger partial charge in [0.2, 0.25) is 0 Å². The van der Waals surface area contributed by atoms with Crippen LogP contribution in [0.25, 0.3) is 10.9 Å². The van der Waals surface area contributed by atoms with E-state index >= 15 is 0 Å². The van der Waals surface area contributed by atoms with Gasteiger partial charge in [0.1, 0.15) is 12.4 Å². The van der Waals surface area contributed by atoms with E-state index in [4.69, 9.17) is 4.74 Å². The number of halogens is 4. The van der Waals surface area contributed by atoms with Crippen molar-refractivity contribution in [3.05, 3.63) is 59.8 Å². The SMILES string of the molecule is Cc1cc(Nc2cc(OCCN3CC4CC3CN4C(=O)NC(C)(C)CO)cc(C(F)(F)F)c2)c2ccccc2n1.Cl. The minimum Gasteiger partial charge on any atom is -0.492 e. The maximum Gasteiger partial charge on any atom is 0.416 e. The van der Waals surface area contributed by atoms with Crippen molar-refractivity contribution in [1.29, 1.82) is 0 Å². The number of likely N-dealkylation sites (tertiary alicyclic amines) is 2. The number of aliphatic hydroxyl groups is 1. The number of nitrogens with one attached hydrogen (secondary N) is 2. The Morgan fingerprint density at radius 1 is 1.12 bits per heavy atom. The largest absolute Gasteiger partial charge is 0.492 e. The topological polar surface area (TPSA) is 90.0 Å². The standard InChI is InChI=1S/C29H34F3N5O3.ClH/c1-18-10-26(24-6-4-5-7-25(24)33-18)34-20-11-19(29(30,31)32)12-23(13-20)40-9-8-36-15-22-14-21(36)16-37(22)27(39)35-28(2,3)17-38;/h4-7,10-13,21-22,38H,8-9,14-17H2,1-3H3,(H,33,34)(H,35,39);1H. The number of hydrogen-bond donors (Lipinski definition) is 3. The summed E-state index contributed by atoms with van der Waals surface area (Å²) in [4.78, 5) is 21.2. The predicted octanol–water partition coefficient (Wildman–Crippen LogP) is 5.35. The molecule has 0 aliphatic carbocycles. The Morgan fingerprint density at radius 2 is 1.88 bits per heavy atom. The Hall–Kier alpha value is -3.28. The number of urea groups is 1. The lowest BCUT2D eigenvalue weighted by Gasteiger charge is -2.36. The first kappa shape index (κ1) is 30.7. The van der Waals surface area contributed by atoms with Crippen molar-refractivity contribution < 1.29 is 27.8 Å². The highest BCUT2D eigenvalue weighted by atomic mass is 35.5. The Kier molecular flexibility index (Phi) is 8.91. The van der Waals surface area contributed by atoms with Crippen LogP contribution >= 0.6 is 12.4 Å². The maximum atomic E-state index is 13.7. The minimum atomic E-state index is -4.53. The van der Waals surface area contributed by atoms with Crippen molar-refractivity contribution in [3.8, 4) is 5.75 Å². The normalized spacial score (nSPS) is 18.9. The summed E-state index contributed by atoms with van der Waals surface area (Å²) < 4.78 is 47.1. The van der Waals surface area contributed by atoms with Gasteiger partial charge in [0.25, 0.3) is 0 Å². The molecule has 2 aromatic carbocycles. The first-order chi connectivity index (χ1) is 18.9. The summed E-state index contributed by atoms with van der Waals surface area (Å²) in [6, 6.07) is 13.0. The number of carbonyl (C=O) groups excluding carboxylic acids is 1. The number of nitrogens with zero attached hydrogens (tertiary/aromatic N) is 3. The molecule has 0 saturated carbocycles. The fourth-order valence-electron chi connectivity index (χ4n) is 5.44. The number of alkyl halides is 3. The van der Waals surface area contributed by atoms with E-state index in [1.165, 1.54) is 0 Å². The van der Waals surface area contributed by atoms with Crippen LogP contribution in [-0.2, 0) is 6.18 Å². The zero-order valence-corrected chi connectivity index (χ0v) is 24.0. The van der Waals surface area contributed by atoms with E-state index in [1.807, 2.05) is 31.2 Å². The molecule has 2 aliphatic heterocycles. The maximum absolute atomic E-state index is 13.7. The number of fused-ring (bicyclic) bond motifs is 3. The van der Waals surface area contributed by atoms with E-state index in [9.17, 15) is 23.1 Å². The first-order valence-electron chi connectivity index (χ1n) is 13.3. The summed E-state index contributed by atoms with van der Waals surface area (Å²) in [7, 11) is 0. The minimum absolute atomic E-state index is 0. The van der Waals surface area contributed by atoms with Gasteiger partial charge >= 0.3 is 12.2 Å². The van der Waals surface area contributed by atoms with Gasteiger partial charge in [-0.15, -0.1) is 12.4 Å². The van der Waals surface area contributed by atoms with Crippen molar-refractivity contribution in [1.82, 2.24) is 20.1 Å². The van der Waals surface area contributed by atoms with Crippen LogP contribution in [0.1, 0.15) is 31.5 Å². The van der Waals surface area contributed by atoms with Crippen molar-refractivity contribution in [2.75, 3.05) is 38.2 Å². The molecule has 0 spiro atoms. The highest BCUT2D eigenvalue weighted by Gasteiger charge is 2.45. The Labute approximate surface area is 243 Å². The van der Waals surface area contributed by atoms with Gasteiger partial charge in [-0.3, -0.25) is 9.88 Å². The molecular formula is C29H35ClF3N5O3. The molecule has 2 aliphatic rings. The van der Waals surface area contributed by atoms with Gasteiger partial charge in [0.05, 0.1) is 23.2 Å². The van der Waals surface area contributed by atoms with Crippen LogP contribution in [0.15, 0.2) is 48.5 Å². The summed E-state index contributed by atoms with van der Waals surface area (Å²) >= 11 is 0. The molecule has 3 heterocycles. The summed E-state index contributed by atoms with van der Waals surface area (Å²) in [6.07, 6.45) is -3.70. The molecule has 3 N–H and O–H groups in total. The Bertz CT molecular complexity index is 1400. The zero-order chi connectivity index (χ0) is 28.7. The molecule has 2 amide bonds. The third kappa shape index (κ3) is 6.97. The summed E-state index contributed by atoms with van der Waals surface area (Å²) in [5, 5.41) is 16.2. The molecule has 2 fully saturated rings. The number of benzene rings is 2. The van der Waals surface area contributed by atoms with Gasteiger partial charge in [-0.05, 0) is 51.5 Å². The number of hydrogen-bond acceptors (Lipinski definition) is 6. The number of ether oxygens (including phenoxy) is 1. The van der Waals surface area contributed by atoms with Crippen LogP contribution in [0.2, 0.25) is 0 Å². The Balaban J connectivity index is 0.00000387. The monoisotopic (exact) mass is 593 g/mol. The van der Waals surface area contributed by atoms with Crippen molar-refractivity contribution in [3.63, 3.8) is 0 Å². The van der Waals surface area contributed by atoms with E-state index in [0.29, 0.717) is 25.3 Å². The van der Waals surface area contributed by atoms with Gasteiger partial charge in [0, 0.05) is 60.2 Å². The van der Waals surface area contributed by atoms with Crippen molar-refractivity contribution >= 4 is 40.7 Å². The lowest BCUT2D eigenvalue weighted by Crippen LogP contribution is -2.57. The van der Waals surface area contributed by atoms with Gasteiger partial charge < -0.3 is 25.4 Å². The van der Waals surface area contributed by atoms with Crippen LogP contribution in [0.3, 0.4) is 0 Å². The van der Waals surface area contributed by atoms with Crippen LogP contribution in [-0.4, -0.2) is 76.4 Å². The molecule has 1 aromatic heterocycles. The molecule has 12 heteroatoms. The van der Waals surface area contributed by atoms with E-state index in [-0.39, 0.29) is 55.2 Å². The number of amides is 2. The number of pyridine rings is 1. The number of para-hydroxylation sites is 1. The molecular weight excluding hydrogens is 559 g/mol. The second-order valence-corrected chi connectivity index (χ2v) is 11.2. The fourth-order valence-corrected chi connectivity index (χ4v) is 5.44. The van der Waals surface area contributed by atoms with Crippen LogP contribution in [0, 0.1) is 6.92 Å². The van der Waals surface area contributed by atoms with Gasteiger partial charge in [-0.1, -0.05) is 18.2 Å². The molecule has 5 rings (SSSR count). The molecule has 222 valence electrons. The molecule has 2 atom stereocenters. The quantitative estimate of drug-likeness (QED) is 0.326. The molecule has 2 unspecified atom stereocenters. The van der Waals surface area contributed by atoms with Crippen LogP contribution < -0.4 is 15.4 Å². The number of carbonyl (C=O) groups is 1. The molecule has 8 nitrogen and oxygen atoms in total. The van der Waals surface area contributed by atoms with Gasteiger partial charge in [0.15, 0.2) is 0 Å². The Morgan fingerprint density at radius 3 is 2.56 bits per heavy atom. The van der Waals surface area contributed by atoms with E-state index < -0.39 is 17.3 Å². The second-order valence-electron chi connectivity index (χ2n) is 11.2. The average molecular weight is 594 g/mol. The number of aliphatic hydroxyl groups excluding tert-OH is 1. The highest BCUT2D eigenvalue weighted by molar-refractivity contribution is 5.93. The van der Waals surface area contributed by atoms with Crippen LogP contribution in [0.4, 0.5) is 29.3 Å². The molecule has 2 bridgehead atoms. The smallest absolute Gasteiger partial charge is 0.416 e. The molecule has 3 aromatic rings. The predicted molar refractivity (Wildman–Crippen MR) is 154 cm³/mol. The third-order valence-electron chi connectivity index (χ3n) is 7.46. The first-order valence-corrected chi connectivity index (χ1v) is 13.3. The van der Waals surface area contributed by atoms with Gasteiger partial charge in [-0.25, -0.2) is 4.79 Å². The fraction of sp³-hybridized carbons (Fsp3) is 0.448. The lowest BCUT2D eigenvalue weighted by molar-refractivity contribution is -0.137. The summed E-state index contributed by atoms with van der Waals surface area (Å²) in [5.74, 6) is 0.129. The van der Waals surface area contributed by atoms with Crippen LogP contribution in [0.5, 0.6) is 5.75 Å². The summed E-state index contributed by atoms with van der Waals surface area (Å²) in [6.45, 7) is 7.19. The van der Waals surface area contributed by atoms with Gasteiger partial charge in [-0.2, -0.15) is 13.2 Å². The van der Waals surface area contributed by atoms with E-state index in [2.05, 4.69) is 20.5 Å². The third-order valence-corrected chi connectivity index (χ3v) is 7.46. The number of aromatic nitrogens is 1. The number of rotatable bonds is 8. The lowest BCUT2D eigenvalue weighted by atomic mass is 10.1. The second kappa shape index (κ2) is 11.9. The summed E-state index contributed by atoms with van der Waals surface area (Å²) in [5.41, 5.74) is 0.939. The zero-order valence-electron chi connectivity index (χ0n) is 23.2. The molecule has 2 saturated heterocycles. The number of anilines is 2. The molecule has 0 radical (unpaired) electrons. The molecule has 41 heavy (non-hydrogen) atoms. The highest BCUT2D eigenvalue weighted by Crippen LogP contribution is 2.36. The van der Waals surface area contributed by atoms with Crippen molar-refractivity contribution in [2.24, 2.45) is 0 Å². The number of piperazine rings is 1. The average Bonchev–Trinajstić information content (AvgIpc) is 3.49. The number of aryl methyl sites for hydroxylation is 1. The van der Waals surface area contributed by atoms with Crippen molar-refractivity contribution in [2.45, 2.75) is 51.0 Å². The van der Waals surface area contributed by atoms with E-state index in [1.54, 1.807) is 30.9 Å². The van der Waals surface area contributed by atoms with E-state index in [0.717, 1.165) is 35.2 Å².